The van der Waals surface area contributed by atoms with E-state index in [-0.39, 0.29) is 24.0 Å². The second kappa shape index (κ2) is 11.6. The number of hydrogen-bond donors (Lipinski definition) is 2. The lowest BCUT2D eigenvalue weighted by atomic mass is 9.86. The molecule has 1 aliphatic heterocycles. The van der Waals surface area contributed by atoms with E-state index >= 15 is 0 Å². The molecule has 1 heterocycles. The van der Waals surface area contributed by atoms with Crippen molar-refractivity contribution in [2.45, 2.75) is 43.7 Å². The SMILES string of the molecule is COc1ccc([C@H]2CCN(C[C@@H]3CC[C@H](NC(=O)/C=C/c4ccc(Cl)c(Cl)c4)C3)C[C@@H]2O)cc1. The van der Waals surface area contributed by atoms with Crippen LogP contribution in [-0.4, -0.2) is 54.8 Å². The van der Waals surface area contributed by atoms with Crippen LogP contribution in [0, 0.1) is 5.92 Å². The van der Waals surface area contributed by atoms with E-state index in [2.05, 4.69) is 22.3 Å². The quantitative estimate of drug-likeness (QED) is 0.513. The smallest absolute Gasteiger partial charge is 0.244 e. The van der Waals surface area contributed by atoms with Crippen molar-refractivity contribution >= 4 is 35.2 Å². The highest BCUT2D eigenvalue weighted by Gasteiger charge is 2.32. The normalized spacial score (nSPS) is 25.5. The van der Waals surface area contributed by atoms with E-state index in [4.69, 9.17) is 27.9 Å². The van der Waals surface area contributed by atoms with Gasteiger partial charge in [0.05, 0.1) is 23.3 Å². The van der Waals surface area contributed by atoms with Crippen molar-refractivity contribution in [2.75, 3.05) is 26.7 Å². The van der Waals surface area contributed by atoms with E-state index in [0.717, 1.165) is 50.1 Å². The van der Waals surface area contributed by atoms with Crippen molar-refractivity contribution in [2.24, 2.45) is 5.92 Å². The molecular formula is C27H32Cl2N2O3. The molecule has 0 bridgehead atoms. The van der Waals surface area contributed by atoms with Crippen molar-refractivity contribution < 1.29 is 14.6 Å². The standard InChI is InChI=1S/C27H32Cl2N2O3/c1-34-22-8-5-20(6-9-22)23-12-13-31(17-26(23)32)16-19-2-7-21(14-19)30-27(33)11-4-18-3-10-24(28)25(29)15-18/h3-6,8-11,15,19,21,23,26,32H,2,7,12-14,16-17H2,1H3,(H,30,33)/b11-4+/t19-,21+,23-,26+/m1/s1. The zero-order valence-corrected chi connectivity index (χ0v) is 20.9. The first-order valence-electron chi connectivity index (χ1n) is 11.9. The Morgan fingerprint density at radius 3 is 2.65 bits per heavy atom. The molecule has 1 saturated heterocycles. The maximum atomic E-state index is 12.4. The predicted molar refractivity (Wildman–Crippen MR) is 138 cm³/mol. The number of methoxy groups -OCH3 is 1. The van der Waals surface area contributed by atoms with Crippen LogP contribution in [0.3, 0.4) is 0 Å². The van der Waals surface area contributed by atoms with Gasteiger partial charge in [-0.05, 0) is 79.6 Å². The lowest BCUT2D eigenvalue weighted by Gasteiger charge is -2.37. The molecular weight excluding hydrogens is 471 g/mol. The van der Waals surface area contributed by atoms with Crippen LogP contribution >= 0.6 is 23.2 Å². The summed E-state index contributed by atoms with van der Waals surface area (Å²) in [6.45, 7) is 2.64. The third kappa shape index (κ3) is 6.54. The van der Waals surface area contributed by atoms with E-state index in [1.807, 2.05) is 18.2 Å². The van der Waals surface area contributed by atoms with E-state index in [1.165, 1.54) is 5.56 Å². The third-order valence-corrected chi connectivity index (χ3v) is 7.72. The molecule has 4 rings (SSSR count). The number of β-amino-alcohol motifs (C(OH)–C–C–N with tert-alkyl or cyclic N) is 1. The predicted octanol–water partition coefficient (Wildman–Crippen LogP) is 5.15. The van der Waals surface area contributed by atoms with Gasteiger partial charge in [-0.15, -0.1) is 0 Å². The van der Waals surface area contributed by atoms with Gasteiger partial charge in [-0.3, -0.25) is 4.79 Å². The molecule has 5 nitrogen and oxygen atoms in total. The zero-order valence-electron chi connectivity index (χ0n) is 19.4. The van der Waals surface area contributed by atoms with Crippen LogP contribution in [0.2, 0.25) is 10.0 Å². The zero-order chi connectivity index (χ0) is 24.1. The van der Waals surface area contributed by atoms with Gasteiger partial charge in [0, 0.05) is 31.1 Å². The summed E-state index contributed by atoms with van der Waals surface area (Å²) < 4.78 is 5.24. The molecule has 2 fully saturated rings. The van der Waals surface area contributed by atoms with Crippen LogP contribution in [-0.2, 0) is 4.79 Å². The van der Waals surface area contributed by atoms with Crippen molar-refractivity contribution in [3.05, 3.63) is 69.7 Å². The molecule has 0 unspecified atom stereocenters. The number of ether oxygens (including phenoxy) is 1. The summed E-state index contributed by atoms with van der Waals surface area (Å²) >= 11 is 12.0. The van der Waals surface area contributed by atoms with Crippen LogP contribution < -0.4 is 10.1 Å². The highest BCUT2D eigenvalue weighted by atomic mass is 35.5. The second-order valence-corrected chi connectivity index (χ2v) is 10.2. The van der Waals surface area contributed by atoms with Crippen molar-refractivity contribution in [3.63, 3.8) is 0 Å². The first kappa shape index (κ1) is 25.1. The molecule has 7 heteroatoms. The van der Waals surface area contributed by atoms with E-state index in [1.54, 1.807) is 31.4 Å². The summed E-state index contributed by atoms with van der Waals surface area (Å²) in [6, 6.07) is 13.5. The molecule has 34 heavy (non-hydrogen) atoms. The average molecular weight is 503 g/mol. The number of carbonyl (C=O) groups excluding carboxylic acids is 1. The van der Waals surface area contributed by atoms with Gasteiger partial charge in [0.25, 0.3) is 0 Å². The number of benzene rings is 2. The molecule has 4 atom stereocenters. The summed E-state index contributed by atoms with van der Waals surface area (Å²) in [6.07, 6.45) is 6.93. The fourth-order valence-corrected chi connectivity index (χ4v) is 5.48. The van der Waals surface area contributed by atoms with Gasteiger partial charge in [-0.1, -0.05) is 41.4 Å². The Labute approximate surface area is 211 Å². The molecule has 0 radical (unpaired) electrons. The van der Waals surface area contributed by atoms with Gasteiger partial charge in [0.15, 0.2) is 0 Å². The number of amides is 1. The minimum absolute atomic E-state index is 0.0903. The Bertz CT molecular complexity index is 1010. The number of rotatable bonds is 7. The van der Waals surface area contributed by atoms with Crippen molar-refractivity contribution in [1.29, 1.82) is 0 Å². The number of aliphatic hydroxyl groups excluding tert-OH is 1. The van der Waals surface area contributed by atoms with Gasteiger partial charge in [-0.2, -0.15) is 0 Å². The summed E-state index contributed by atoms with van der Waals surface area (Å²) in [5.74, 6) is 1.45. The number of likely N-dealkylation sites (tertiary alicyclic amines) is 1. The molecule has 1 saturated carbocycles. The summed E-state index contributed by atoms with van der Waals surface area (Å²) in [5.41, 5.74) is 2.01. The van der Waals surface area contributed by atoms with Gasteiger partial charge in [0.1, 0.15) is 5.75 Å². The molecule has 2 aromatic rings. The first-order valence-corrected chi connectivity index (χ1v) is 12.6. The molecule has 182 valence electrons. The summed E-state index contributed by atoms with van der Waals surface area (Å²) in [5, 5.41) is 14.9. The number of piperidine rings is 1. The minimum atomic E-state index is -0.370. The van der Waals surface area contributed by atoms with E-state index in [0.29, 0.717) is 22.5 Å². The van der Waals surface area contributed by atoms with E-state index < -0.39 is 0 Å². The first-order chi connectivity index (χ1) is 16.4. The Morgan fingerprint density at radius 2 is 1.94 bits per heavy atom. The van der Waals surface area contributed by atoms with Crippen LogP contribution in [0.5, 0.6) is 5.75 Å². The Kier molecular flexibility index (Phi) is 8.54. The molecule has 0 spiro atoms. The summed E-state index contributed by atoms with van der Waals surface area (Å²) in [4.78, 5) is 14.7. The number of nitrogens with zero attached hydrogens (tertiary/aromatic N) is 1. The number of halogens is 2. The van der Waals surface area contributed by atoms with Crippen LogP contribution in [0.4, 0.5) is 0 Å². The van der Waals surface area contributed by atoms with Crippen LogP contribution in [0.15, 0.2) is 48.5 Å². The highest BCUT2D eigenvalue weighted by molar-refractivity contribution is 6.42. The lowest BCUT2D eigenvalue weighted by Crippen LogP contribution is -2.44. The molecule has 1 amide bonds. The fraction of sp³-hybridized carbons (Fsp3) is 0.444. The molecule has 2 aromatic carbocycles. The molecule has 2 N–H and O–H groups in total. The number of aliphatic hydroxyl groups is 1. The van der Waals surface area contributed by atoms with Crippen LogP contribution in [0.25, 0.3) is 6.08 Å². The van der Waals surface area contributed by atoms with Gasteiger partial charge in [0.2, 0.25) is 5.91 Å². The van der Waals surface area contributed by atoms with Crippen LogP contribution in [0.1, 0.15) is 42.7 Å². The Hall–Kier alpha value is -2.05. The summed E-state index contributed by atoms with van der Waals surface area (Å²) in [7, 11) is 1.66. The van der Waals surface area contributed by atoms with Crippen molar-refractivity contribution in [3.8, 4) is 5.75 Å². The number of hydrogen-bond acceptors (Lipinski definition) is 4. The lowest BCUT2D eigenvalue weighted by molar-refractivity contribution is -0.117. The minimum Gasteiger partial charge on any atom is -0.497 e. The second-order valence-electron chi connectivity index (χ2n) is 9.39. The molecule has 2 aliphatic rings. The topological polar surface area (TPSA) is 61.8 Å². The monoisotopic (exact) mass is 502 g/mol. The van der Waals surface area contributed by atoms with Gasteiger partial charge < -0.3 is 20.1 Å². The maximum Gasteiger partial charge on any atom is 0.244 e. The Morgan fingerprint density at radius 1 is 1.15 bits per heavy atom. The van der Waals surface area contributed by atoms with E-state index in [9.17, 15) is 9.90 Å². The highest BCUT2D eigenvalue weighted by Crippen LogP contribution is 2.32. The fourth-order valence-electron chi connectivity index (χ4n) is 5.18. The Balaban J connectivity index is 1.21. The molecule has 0 aromatic heterocycles. The third-order valence-electron chi connectivity index (χ3n) is 6.98. The molecule has 1 aliphatic carbocycles. The average Bonchev–Trinajstić information content (AvgIpc) is 3.26. The largest absolute Gasteiger partial charge is 0.497 e. The van der Waals surface area contributed by atoms with Gasteiger partial charge >= 0.3 is 0 Å². The number of nitrogens with one attached hydrogen (secondary N) is 1. The number of carbonyl (C=O) groups is 1. The van der Waals surface area contributed by atoms with Gasteiger partial charge in [-0.25, -0.2) is 0 Å². The maximum absolute atomic E-state index is 12.4. The van der Waals surface area contributed by atoms with Crippen molar-refractivity contribution in [1.82, 2.24) is 10.2 Å².